The summed E-state index contributed by atoms with van der Waals surface area (Å²) < 4.78 is 14.2. The van der Waals surface area contributed by atoms with Crippen molar-refractivity contribution in [2.75, 3.05) is 13.2 Å². The minimum absolute atomic E-state index is 0.0989. The molecule has 0 spiro atoms. The number of likely N-dealkylation sites (tertiary alicyclic amines) is 1. The highest BCUT2D eigenvalue weighted by atomic mass is 19.1. The van der Waals surface area contributed by atoms with Gasteiger partial charge in [0.05, 0.1) is 6.04 Å². The number of nitrogens with one attached hydrogen (secondary N) is 3. The van der Waals surface area contributed by atoms with Gasteiger partial charge in [0, 0.05) is 17.4 Å². The first-order chi connectivity index (χ1) is 18.4. The Morgan fingerprint density at radius 2 is 1.70 bits per heavy atom. The summed E-state index contributed by atoms with van der Waals surface area (Å²) in [6, 6.07) is 3.19. The van der Waals surface area contributed by atoms with Crippen molar-refractivity contribution in [2.45, 2.75) is 73.5 Å². The molecule has 1 aromatic carbocycles. The molecular formula is C30H41FN4O5. The van der Waals surface area contributed by atoms with E-state index in [0.29, 0.717) is 12.1 Å². The average molecular weight is 557 g/mol. The van der Waals surface area contributed by atoms with Crippen LogP contribution in [0.3, 0.4) is 0 Å². The number of benzene rings is 1. The molecule has 10 heteroatoms. The van der Waals surface area contributed by atoms with Gasteiger partial charge in [-0.25, -0.2) is 4.39 Å². The third-order valence-electron chi connectivity index (χ3n) is 8.63. The number of hydrogen-bond acceptors (Lipinski definition) is 5. The average Bonchev–Trinajstić information content (AvgIpc) is 3.23. The first-order valence-electron chi connectivity index (χ1n) is 13.7. The number of piperidine rings is 1. The molecule has 2 heterocycles. The molecular weight excluding hydrogens is 515 g/mol. The summed E-state index contributed by atoms with van der Waals surface area (Å²) in [5.74, 6) is -2.37. The SMILES string of the molecule is CC(C)(C)[C@H](NC(=O)[C@@H]1[C@@H]2[C@H](CN1C(=O)[C@@H](NC(=O)c1cc3c(F)cccc3[nH]1)C(C)(C)C)C2(C)C)C(=O)CO. The largest absolute Gasteiger partial charge is 0.389 e. The van der Waals surface area contributed by atoms with Crippen LogP contribution in [0.1, 0.15) is 65.9 Å². The lowest BCUT2D eigenvalue weighted by Gasteiger charge is -2.38. The van der Waals surface area contributed by atoms with Crippen LogP contribution >= 0.6 is 0 Å². The number of H-pyrrole nitrogens is 1. The fraction of sp³-hybridized carbons (Fsp3) is 0.600. The number of halogens is 1. The van der Waals surface area contributed by atoms with Gasteiger partial charge in [-0.2, -0.15) is 0 Å². The van der Waals surface area contributed by atoms with Crippen molar-refractivity contribution < 1.29 is 28.7 Å². The minimum atomic E-state index is -0.982. The van der Waals surface area contributed by atoms with E-state index in [1.165, 1.54) is 17.0 Å². The smallest absolute Gasteiger partial charge is 0.268 e. The Hall–Kier alpha value is -3.27. The fourth-order valence-electron chi connectivity index (χ4n) is 6.18. The number of amides is 3. The van der Waals surface area contributed by atoms with Gasteiger partial charge in [0.2, 0.25) is 11.8 Å². The number of Topliss-reactive ketones (excluding diaryl/α,β-unsaturated/α-hetero) is 1. The first-order valence-corrected chi connectivity index (χ1v) is 13.7. The van der Waals surface area contributed by atoms with E-state index in [4.69, 9.17) is 0 Å². The zero-order valence-electron chi connectivity index (χ0n) is 24.5. The van der Waals surface area contributed by atoms with Crippen LogP contribution in [-0.4, -0.2) is 69.8 Å². The summed E-state index contributed by atoms with van der Waals surface area (Å²) in [7, 11) is 0. The minimum Gasteiger partial charge on any atom is -0.389 e. The molecule has 2 aromatic rings. The van der Waals surface area contributed by atoms with Gasteiger partial charge < -0.3 is 25.6 Å². The maximum Gasteiger partial charge on any atom is 0.268 e. The number of ketones is 1. The Morgan fingerprint density at radius 3 is 2.25 bits per heavy atom. The van der Waals surface area contributed by atoms with E-state index in [2.05, 4.69) is 29.5 Å². The van der Waals surface area contributed by atoms with Crippen LogP contribution in [0.2, 0.25) is 0 Å². The molecule has 3 amide bonds. The van der Waals surface area contributed by atoms with E-state index in [0.717, 1.165) is 0 Å². The van der Waals surface area contributed by atoms with Gasteiger partial charge in [0.25, 0.3) is 5.91 Å². The number of rotatable bonds is 7. The highest BCUT2D eigenvalue weighted by Gasteiger charge is 2.70. The number of fused-ring (bicyclic) bond motifs is 2. The topological polar surface area (TPSA) is 132 Å². The molecule has 218 valence electrons. The zero-order valence-corrected chi connectivity index (χ0v) is 24.5. The number of aromatic amines is 1. The molecule has 1 aliphatic carbocycles. The van der Waals surface area contributed by atoms with E-state index in [-0.39, 0.29) is 28.3 Å². The van der Waals surface area contributed by atoms with E-state index < -0.39 is 64.9 Å². The molecule has 5 atom stereocenters. The molecule has 2 aliphatic rings. The Morgan fingerprint density at radius 1 is 1.07 bits per heavy atom. The quantitative estimate of drug-likeness (QED) is 0.416. The lowest BCUT2D eigenvalue weighted by Crippen LogP contribution is -2.61. The normalized spacial score (nSPS) is 23.4. The van der Waals surface area contributed by atoms with Gasteiger partial charge in [-0.1, -0.05) is 61.5 Å². The third-order valence-corrected chi connectivity index (χ3v) is 8.63. The Labute approximate surface area is 234 Å². The van der Waals surface area contributed by atoms with Crippen LogP contribution in [0, 0.1) is 33.9 Å². The van der Waals surface area contributed by atoms with Crippen molar-refractivity contribution in [2.24, 2.45) is 28.1 Å². The Kier molecular flexibility index (Phi) is 7.41. The van der Waals surface area contributed by atoms with E-state index >= 15 is 0 Å². The molecule has 1 saturated heterocycles. The number of aromatic nitrogens is 1. The van der Waals surface area contributed by atoms with Crippen LogP contribution < -0.4 is 10.6 Å². The molecule has 1 saturated carbocycles. The van der Waals surface area contributed by atoms with Crippen LogP contribution in [0.15, 0.2) is 24.3 Å². The summed E-state index contributed by atoms with van der Waals surface area (Å²) in [6.07, 6.45) is 0. The number of aliphatic hydroxyl groups is 1. The van der Waals surface area contributed by atoms with Gasteiger partial charge in [0.15, 0.2) is 5.78 Å². The lowest BCUT2D eigenvalue weighted by atomic mass is 9.83. The molecule has 40 heavy (non-hydrogen) atoms. The van der Waals surface area contributed by atoms with Crippen molar-refractivity contribution in [1.82, 2.24) is 20.5 Å². The molecule has 0 unspecified atom stereocenters. The second-order valence-corrected chi connectivity index (χ2v) is 14.0. The molecule has 0 radical (unpaired) electrons. The predicted octanol–water partition coefficient (Wildman–Crippen LogP) is 3.03. The van der Waals surface area contributed by atoms with E-state index in [1.54, 1.807) is 32.9 Å². The molecule has 4 N–H and O–H groups in total. The van der Waals surface area contributed by atoms with Gasteiger partial charge in [-0.05, 0) is 46.3 Å². The van der Waals surface area contributed by atoms with Crippen LogP contribution in [0.5, 0.6) is 0 Å². The van der Waals surface area contributed by atoms with Crippen molar-refractivity contribution >= 4 is 34.4 Å². The molecule has 2 fully saturated rings. The summed E-state index contributed by atoms with van der Waals surface area (Å²) in [6.45, 7) is 14.6. The van der Waals surface area contributed by atoms with E-state index in [9.17, 15) is 28.7 Å². The van der Waals surface area contributed by atoms with Gasteiger partial charge in [0.1, 0.15) is 30.2 Å². The van der Waals surface area contributed by atoms with Gasteiger partial charge >= 0.3 is 0 Å². The second kappa shape index (κ2) is 9.98. The molecule has 9 nitrogen and oxygen atoms in total. The lowest BCUT2D eigenvalue weighted by molar-refractivity contribution is -0.145. The van der Waals surface area contributed by atoms with Gasteiger partial charge in [-0.3, -0.25) is 19.2 Å². The molecule has 1 aliphatic heterocycles. The highest BCUT2D eigenvalue weighted by molar-refractivity contribution is 6.01. The number of carbonyl (C=O) groups is 4. The summed E-state index contributed by atoms with van der Waals surface area (Å²) in [4.78, 5) is 58.1. The third kappa shape index (κ3) is 5.25. The predicted molar refractivity (Wildman–Crippen MR) is 149 cm³/mol. The second-order valence-electron chi connectivity index (χ2n) is 14.0. The number of nitrogens with zero attached hydrogens (tertiary/aromatic N) is 1. The summed E-state index contributed by atoms with van der Waals surface area (Å²) in [5.41, 5.74) is -0.937. The summed E-state index contributed by atoms with van der Waals surface area (Å²) in [5, 5.41) is 15.4. The molecule has 4 rings (SSSR count). The number of aliphatic hydroxyl groups excluding tert-OH is 1. The molecule has 1 aromatic heterocycles. The zero-order chi connectivity index (χ0) is 29.9. The maximum absolute atomic E-state index is 14.2. The van der Waals surface area contributed by atoms with Crippen LogP contribution in [0.25, 0.3) is 10.9 Å². The molecule has 0 bridgehead atoms. The van der Waals surface area contributed by atoms with Crippen LogP contribution in [0.4, 0.5) is 4.39 Å². The Balaban J connectivity index is 1.61. The first kappa shape index (κ1) is 29.7. The highest BCUT2D eigenvalue weighted by Crippen LogP contribution is 2.65. The number of hydrogen-bond donors (Lipinski definition) is 4. The van der Waals surface area contributed by atoms with Crippen molar-refractivity contribution in [3.63, 3.8) is 0 Å². The van der Waals surface area contributed by atoms with Crippen molar-refractivity contribution in [3.8, 4) is 0 Å². The van der Waals surface area contributed by atoms with E-state index in [1.807, 2.05) is 20.8 Å². The Bertz CT molecular complexity index is 1350. The number of carbonyl (C=O) groups excluding carboxylic acids is 4. The standard InChI is InChI=1S/C30H41FN4O5/c1-28(2,3)23(20(37)14-36)33-26(39)22-21-16(30(21,7)8)13-35(22)27(40)24(29(4,5)6)34-25(38)19-12-15-17(31)10-9-11-18(15)32-19/h9-12,16,21-24,32,36H,13-14H2,1-8H3,(H,33,39)(H,34,38)/t16-,21-,22-,23+,24+/m0/s1. The fourth-order valence-corrected chi connectivity index (χ4v) is 6.18. The monoisotopic (exact) mass is 556 g/mol. The van der Waals surface area contributed by atoms with Crippen molar-refractivity contribution in [3.05, 3.63) is 35.8 Å². The summed E-state index contributed by atoms with van der Waals surface area (Å²) >= 11 is 0. The van der Waals surface area contributed by atoms with Crippen molar-refractivity contribution in [1.29, 1.82) is 0 Å². The van der Waals surface area contributed by atoms with Crippen LogP contribution in [-0.2, 0) is 14.4 Å². The van der Waals surface area contributed by atoms with Gasteiger partial charge in [-0.15, -0.1) is 0 Å². The maximum atomic E-state index is 14.2.